The standard InChI is InChI=1S/C18H27N5O2/c1-3-25-17(24)14-6-7-16(20-9-14)23-11-15(12-23)21-18(19)22-8-4-5-13(2)10-22/h6-7,9,13,15H,3-5,8,10-12H2,1-2H3,(H2,19,21). The van der Waals surface area contributed by atoms with Gasteiger partial charge < -0.3 is 20.3 Å². The quantitative estimate of drug-likeness (QED) is 0.506. The van der Waals surface area contributed by atoms with Crippen molar-refractivity contribution in [3.8, 4) is 0 Å². The van der Waals surface area contributed by atoms with E-state index >= 15 is 0 Å². The highest BCUT2D eigenvalue weighted by Crippen LogP contribution is 2.21. The molecule has 3 rings (SSSR count). The van der Waals surface area contributed by atoms with E-state index in [0.717, 1.165) is 32.0 Å². The van der Waals surface area contributed by atoms with Crippen LogP contribution in [0.15, 0.2) is 23.3 Å². The van der Waals surface area contributed by atoms with Crippen molar-refractivity contribution < 1.29 is 9.53 Å². The number of carbonyl (C=O) groups is 1. The van der Waals surface area contributed by atoms with Gasteiger partial charge in [-0.2, -0.15) is 0 Å². The molecule has 1 atom stereocenters. The summed E-state index contributed by atoms with van der Waals surface area (Å²) in [4.78, 5) is 25.0. The molecule has 0 amide bonds. The third-order valence-corrected chi connectivity index (χ3v) is 4.74. The van der Waals surface area contributed by atoms with Crippen LogP contribution in [0.25, 0.3) is 0 Å². The molecule has 1 aromatic rings. The number of rotatable bonds is 4. The third kappa shape index (κ3) is 4.21. The van der Waals surface area contributed by atoms with Crippen LogP contribution in [0, 0.1) is 5.92 Å². The molecule has 0 spiro atoms. The molecule has 0 aromatic carbocycles. The summed E-state index contributed by atoms with van der Waals surface area (Å²) in [6, 6.07) is 3.81. The van der Waals surface area contributed by atoms with Crippen molar-refractivity contribution in [2.45, 2.75) is 32.7 Å². The number of hydrogen-bond donors (Lipinski definition) is 1. The summed E-state index contributed by atoms with van der Waals surface area (Å²) in [5.74, 6) is 1.87. The first-order valence-electron chi connectivity index (χ1n) is 9.03. The summed E-state index contributed by atoms with van der Waals surface area (Å²) in [6.45, 7) is 8.03. The number of nitrogens with zero attached hydrogens (tertiary/aromatic N) is 4. The molecule has 1 aromatic heterocycles. The molecule has 3 heterocycles. The van der Waals surface area contributed by atoms with Crippen LogP contribution in [-0.2, 0) is 4.74 Å². The summed E-state index contributed by atoms with van der Waals surface area (Å²) in [7, 11) is 0. The number of pyridine rings is 1. The van der Waals surface area contributed by atoms with Gasteiger partial charge in [0.25, 0.3) is 0 Å². The fourth-order valence-electron chi connectivity index (χ4n) is 3.30. The van der Waals surface area contributed by atoms with Gasteiger partial charge >= 0.3 is 5.97 Å². The SMILES string of the molecule is CCOC(=O)c1ccc(N2CC(N=C(N)N3CCCC(C)C3)C2)nc1. The van der Waals surface area contributed by atoms with Crippen molar-refractivity contribution in [3.05, 3.63) is 23.9 Å². The Bertz CT molecular complexity index is 625. The number of carbonyl (C=O) groups excluding carboxylic acids is 1. The maximum absolute atomic E-state index is 11.6. The van der Waals surface area contributed by atoms with Gasteiger partial charge in [0.05, 0.1) is 18.2 Å². The van der Waals surface area contributed by atoms with Crippen LogP contribution in [0.1, 0.15) is 37.0 Å². The normalized spacial score (nSPS) is 21.8. The highest BCUT2D eigenvalue weighted by Gasteiger charge is 2.29. The Hall–Kier alpha value is -2.31. The largest absolute Gasteiger partial charge is 0.462 e. The van der Waals surface area contributed by atoms with Gasteiger partial charge in [0.15, 0.2) is 5.96 Å². The summed E-state index contributed by atoms with van der Waals surface area (Å²) in [5, 5.41) is 0. The Balaban J connectivity index is 1.52. The molecular formula is C18H27N5O2. The average Bonchev–Trinajstić information content (AvgIpc) is 2.58. The summed E-state index contributed by atoms with van der Waals surface area (Å²) >= 11 is 0. The maximum Gasteiger partial charge on any atom is 0.339 e. The minimum atomic E-state index is -0.337. The zero-order valence-electron chi connectivity index (χ0n) is 15.0. The minimum Gasteiger partial charge on any atom is -0.462 e. The summed E-state index contributed by atoms with van der Waals surface area (Å²) in [6.07, 6.45) is 4.02. The molecule has 2 aliphatic rings. The number of ether oxygens (including phenoxy) is 1. The van der Waals surface area contributed by atoms with E-state index in [-0.39, 0.29) is 12.0 Å². The second-order valence-corrected chi connectivity index (χ2v) is 6.87. The van der Waals surface area contributed by atoms with E-state index in [0.29, 0.717) is 24.0 Å². The number of esters is 1. The number of aliphatic imine (C=N–C) groups is 1. The first kappa shape index (κ1) is 17.5. The molecule has 2 fully saturated rings. The Kier molecular flexibility index (Phi) is 5.40. The van der Waals surface area contributed by atoms with Gasteiger partial charge in [-0.05, 0) is 37.8 Å². The number of hydrogen-bond acceptors (Lipinski definition) is 5. The number of aromatic nitrogens is 1. The van der Waals surface area contributed by atoms with Crippen molar-refractivity contribution in [3.63, 3.8) is 0 Å². The second kappa shape index (κ2) is 7.72. The van der Waals surface area contributed by atoms with Crippen molar-refractivity contribution >= 4 is 17.7 Å². The van der Waals surface area contributed by atoms with Gasteiger partial charge in [-0.15, -0.1) is 0 Å². The van der Waals surface area contributed by atoms with Crippen molar-refractivity contribution in [1.29, 1.82) is 0 Å². The second-order valence-electron chi connectivity index (χ2n) is 6.87. The minimum absolute atomic E-state index is 0.212. The number of anilines is 1. The van der Waals surface area contributed by atoms with Crippen molar-refractivity contribution in [2.75, 3.05) is 37.7 Å². The molecular weight excluding hydrogens is 318 g/mol. The molecule has 2 aliphatic heterocycles. The smallest absolute Gasteiger partial charge is 0.339 e. The lowest BCUT2D eigenvalue weighted by molar-refractivity contribution is 0.0526. The van der Waals surface area contributed by atoms with Gasteiger partial charge in [-0.1, -0.05) is 6.92 Å². The number of piperidine rings is 1. The number of guanidine groups is 1. The molecule has 25 heavy (non-hydrogen) atoms. The van der Waals surface area contributed by atoms with Crippen LogP contribution in [0.5, 0.6) is 0 Å². The van der Waals surface area contributed by atoms with Crippen molar-refractivity contribution in [1.82, 2.24) is 9.88 Å². The highest BCUT2D eigenvalue weighted by atomic mass is 16.5. The van der Waals surface area contributed by atoms with E-state index in [4.69, 9.17) is 10.5 Å². The molecule has 7 nitrogen and oxygen atoms in total. The zero-order valence-corrected chi connectivity index (χ0v) is 15.0. The Morgan fingerprint density at radius 2 is 2.20 bits per heavy atom. The average molecular weight is 345 g/mol. The molecule has 0 bridgehead atoms. The fraction of sp³-hybridized carbons (Fsp3) is 0.611. The molecule has 136 valence electrons. The predicted molar refractivity (Wildman–Crippen MR) is 97.8 cm³/mol. The predicted octanol–water partition coefficient (Wildman–Crippen LogP) is 1.49. The van der Waals surface area contributed by atoms with Crippen LogP contribution < -0.4 is 10.6 Å². The zero-order chi connectivity index (χ0) is 17.8. The van der Waals surface area contributed by atoms with Crippen LogP contribution in [0.3, 0.4) is 0 Å². The summed E-state index contributed by atoms with van der Waals surface area (Å²) < 4.78 is 4.97. The molecule has 2 N–H and O–H groups in total. The Morgan fingerprint density at radius 3 is 2.84 bits per heavy atom. The molecule has 0 saturated carbocycles. The lowest BCUT2D eigenvalue weighted by Gasteiger charge is -2.39. The fourth-order valence-corrected chi connectivity index (χ4v) is 3.30. The Morgan fingerprint density at radius 1 is 1.40 bits per heavy atom. The van der Waals surface area contributed by atoms with Crippen LogP contribution in [0.4, 0.5) is 5.82 Å². The molecule has 0 aliphatic carbocycles. The number of likely N-dealkylation sites (tertiary alicyclic amines) is 1. The topological polar surface area (TPSA) is 84.0 Å². The van der Waals surface area contributed by atoms with E-state index in [9.17, 15) is 4.79 Å². The molecule has 1 unspecified atom stereocenters. The third-order valence-electron chi connectivity index (χ3n) is 4.74. The van der Waals surface area contributed by atoms with Crippen LogP contribution in [-0.4, -0.2) is 60.6 Å². The van der Waals surface area contributed by atoms with E-state index in [1.807, 2.05) is 6.07 Å². The lowest BCUT2D eigenvalue weighted by atomic mass is 10.0. The highest BCUT2D eigenvalue weighted by molar-refractivity contribution is 5.89. The summed E-state index contributed by atoms with van der Waals surface area (Å²) in [5.41, 5.74) is 6.65. The first-order chi connectivity index (χ1) is 12.1. The molecule has 0 radical (unpaired) electrons. The van der Waals surface area contributed by atoms with E-state index < -0.39 is 0 Å². The first-order valence-corrected chi connectivity index (χ1v) is 9.03. The van der Waals surface area contributed by atoms with Gasteiger partial charge in [0.2, 0.25) is 0 Å². The maximum atomic E-state index is 11.6. The lowest BCUT2D eigenvalue weighted by Crippen LogP contribution is -2.52. The van der Waals surface area contributed by atoms with Gasteiger partial charge in [-0.3, -0.25) is 0 Å². The van der Waals surface area contributed by atoms with E-state index in [2.05, 4.69) is 26.7 Å². The van der Waals surface area contributed by atoms with Gasteiger partial charge in [0.1, 0.15) is 5.82 Å². The number of nitrogens with two attached hydrogens (primary N) is 1. The Labute approximate surface area is 148 Å². The van der Waals surface area contributed by atoms with E-state index in [1.54, 1.807) is 19.2 Å². The van der Waals surface area contributed by atoms with E-state index in [1.165, 1.54) is 12.8 Å². The monoisotopic (exact) mass is 345 g/mol. The van der Waals surface area contributed by atoms with Crippen molar-refractivity contribution in [2.24, 2.45) is 16.6 Å². The van der Waals surface area contributed by atoms with Gasteiger partial charge in [-0.25, -0.2) is 14.8 Å². The van der Waals surface area contributed by atoms with Gasteiger partial charge in [0, 0.05) is 32.4 Å². The molecule has 2 saturated heterocycles. The van der Waals surface area contributed by atoms with Crippen LogP contribution in [0.2, 0.25) is 0 Å². The molecule has 7 heteroatoms. The van der Waals surface area contributed by atoms with Crippen LogP contribution >= 0.6 is 0 Å².